The number of pyridine rings is 1. The summed E-state index contributed by atoms with van der Waals surface area (Å²) in [5.41, 5.74) is 0.920. The topological polar surface area (TPSA) is 62.8 Å². The fourth-order valence-electron chi connectivity index (χ4n) is 1.48. The van der Waals surface area contributed by atoms with Crippen LogP contribution in [0.4, 0.5) is 5.82 Å². The van der Waals surface area contributed by atoms with Crippen LogP contribution in [0.25, 0.3) is 0 Å². The number of ether oxygens (including phenoxy) is 1. The van der Waals surface area contributed by atoms with E-state index in [1.54, 1.807) is 6.07 Å². The Morgan fingerprint density at radius 3 is 2.61 bits per heavy atom. The van der Waals surface area contributed by atoms with Gasteiger partial charge in [0.05, 0.1) is 0 Å². The lowest BCUT2D eigenvalue weighted by molar-refractivity contribution is 0.443. The van der Waals surface area contributed by atoms with Crippen LogP contribution >= 0.6 is 0 Å². The molecule has 96 valence electrons. The van der Waals surface area contributed by atoms with Gasteiger partial charge < -0.3 is 10.1 Å². The SMILES string of the molecule is Cc1cc(Oc2cccc(NC(C)(C)C)n2)n[nH]1. The van der Waals surface area contributed by atoms with Crippen LogP contribution in [0.1, 0.15) is 26.5 Å². The molecule has 0 bridgehead atoms. The van der Waals surface area contributed by atoms with Gasteiger partial charge in [-0.2, -0.15) is 4.98 Å². The Hall–Kier alpha value is -2.04. The number of aryl methyl sites for hydroxylation is 1. The summed E-state index contributed by atoms with van der Waals surface area (Å²) >= 11 is 0. The minimum absolute atomic E-state index is 0.0332. The van der Waals surface area contributed by atoms with Crippen LogP contribution in [0, 0.1) is 6.92 Å². The first-order chi connectivity index (χ1) is 8.42. The van der Waals surface area contributed by atoms with Crippen molar-refractivity contribution in [2.24, 2.45) is 0 Å². The van der Waals surface area contributed by atoms with Gasteiger partial charge in [0.1, 0.15) is 5.82 Å². The van der Waals surface area contributed by atoms with Gasteiger partial charge in [-0.25, -0.2) is 0 Å². The smallest absolute Gasteiger partial charge is 0.240 e. The maximum Gasteiger partial charge on any atom is 0.240 e. The molecule has 0 amide bonds. The number of nitrogens with zero attached hydrogens (tertiary/aromatic N) is 2. The van der Waals surface area contributed by atoms with Crippen molar-refractivity contribution >= 4 is 5.82 Å². The second kappa shape index (κ2) is 4.68. The highest BCUT2D eigenvalue weighted by Gasteiger charge is 2.11. The van der Waals surface area contributed by atoms with Crippen molar-refractivity contribution in [1.29, 1.82) is 0 Å². The number of H-pyrrole nitrogens is 1. The van der Waals surface area contributed by atoms with Gasteiger partial charge in [0.15, 0.2) is 0 Å². The Morgan fingerprint density at radius 2 is 2.00 bits per heavy atom. The minimum atomic E-state index is -0.0332. The number of aromatic amines is 1. The zero-order valence-corrected chi connectivity index (χ0v) is 11.1. The lowest BCUT2D eigenvalue weighted by Crippen LogP contribution is -2.26. The molecule has 0 saturated heterocycles. The third kappa shape index (κ3) is 3.48. The van der Waals surface area contributed by atoms with E-state index in [4.69, 9.17) is 4.74 Å². The number of hydrogen-bond acceptors (Lipinski definition) is 4. The molecule has 0 atom stereocenters. The quantitative estimate of drug-likeness (QED) is 0.873. The average molecular weight is 246 g/mol. The molecule has 0 unspecified atom stereocenters. The molecule has 0 aliphatic carbocycles. The maximum absolute atomic E-state index is 5.56. The van der Waals surface area contributed by atoms with E-state index in [1.165, 1.54) is 0 Å². The molecule has 5 heteroatoms. The standard InChI is InChI=1S/C13H18N4O/c1-9-8-12(17-16-9)18-11-7-5-6-10(14-11)15-13(2,3)4/h5-8H,1-4H3,(H,14,15)(H,16,17). The molecule has 0 radical (unpaired) electrons. The Labute approximate surface area is 107 Å². The summed E-state index contributed by atoms with van der Waals surface area (Å²) in [4.78, 5) is 4.38. The molecular formula is C13H18N4O. The fraction of sp³-hybridized carbons (Fsp3) is 0.385. The normalized spacial score (nSPS) is 11.3. The molecule has 2 N–H and O–H groups in total. The molecule has 2 aromatic rings. The van der Waals surface area contributed by atoms with Gasteiger partial charge in [-0.3, -0.25) is 5.10 Å². The van der Waals surface area contributed by atoms with E-state index in [-0.39, 0.29) is 5.54 Å². The first-order valence-corrected chi connectivity index (χ1v) is 5.87. The summed E-state index contributed by atoms with van der Waals surface area (Å²) in [7, 11) is 0. The molecule has 2 aromatic heterocycles. The third-order valence-corrected chi connectivity index (χ3v) is 2.12. The zero-order chi connectivity index (χ0) is 13.2. The van der Waals surface area contributed by atoms with E-state index >= 15 is 0 Å². The Bertz CT molecular complexity index is 528. The first-order valence-electron chi connectivity index (χ1n) is 5.87. The van der Waals surface area contributed by atoms with Crippen LogP contribution < -0.4 is 10.1 Å². The van der Waals surface area contributed by atoms with Crippen LogP contribution in [-0.4, -0.2) is 20.7 Å². The lowest BCUT2D eigenvalue weighted by Gasteiger charge is -2.21. The second-order valence-electron chi connectivity index (χ2n) is 5.23. The summed E-state index contributed by atoms with van der Waals surface area (Å²) in [5.74, 6) is 1.83. The van der Waals surface area contributed by atoms with E-state index < -0.39 is 0 Å². The maximum atomic E-state index is 5.56. The lowest BCUT2D eigenvalue weighted by atomic mass is 10.1. The predicted molar refractivity (Wildman–Crippen MR) is 71.0 cm³/mol. The van der Waals surface area contributed by atoms with E-state index in [1.807, 2.05) is 25.1 Å². The van der Waals surface area contributed by atoms with Crippen molar-refractivity contribution in [2.45, 2.75) is 33.2 Å². The number of aromatic nitrogens is 3. The molecule has 0 aliphatic rings. The highest BCUT2D eigenvalue weighted by Crippen LogP contribution is 2.20. The van der Waals surface area contributed by atoms with E-state index in [0.29, 0.717) is 11.8 Å². The number of anilines is 1. The molecule has 2 rings (SSSR count). The molecule has 0 fully saturated rings. The average Bonchev–Trinajstić information content (AvgIpc) is 2.62. The molecule has 5 nitrogen and oxygen atoms in total. The van der Waals surface area contributed by atoms with E-state index in [2.05, 4.69) is 41.3 Å². The van der Waals surface area contributed by atoms with Crippen molar-refractivity contribution in [3.05, 3.63) is 30.0 Å². The van der Waals surface area contributed by atoms with Gasteiger partial charge in [0, 0.05) is 23.4 Å². The monoisotopic (exact) mass is 246 g/mol. The van der Waals surface area contributed by atoms with Gasteiger partial charge >= 0.3 is 0 Å². The van der Waals surface area contributed by atoms with E-state index in [9.17, 15) is 0 Å². The van der Waals surface area contributed by atoms with Crippen LogP contribution in [0.5, 0.6) is 11.8 Å². The fourth-order valence-corrected chi connectivity index (χ4v) is 1.48. The molecule has 0 aromatic carbocycles. The van der Waals surface area contributed by atoms with Crippen LogP contribution in [-0.2, 0) is 0 Å². The van der Waals surface area contributed by atoms with Gasteiger partial charge in [-0.1, -0.05) is 6.07 Å². The molecule has 0 spiro atoms. The van der Waals surface area contributed by atoms with Crippen molar-refractivity contribution in [2.75, 3.05) is 5.32 Å². The molecule has 0 aliphatic heterocycles. The summed E-state index contributed by atoms with van der Waals surface area (Å²) in [5, 5.41) is 10.1. The van der Waals surface area contributed by atoms with Crippen molar-refractivity contribution < 1.29 is 4.74 Å². The zero-order valence-electron chi connectivity index (χ0n) is 11.1. The predicted octanol–water partition coefficient (Wildman–Crippen LogP) is 3.12. The highest BCUT2D eigenvalue weighted by molar-refractivity contribution is 5.39. The van der Waals surface area contributed by atoms with E-state index in [0.717, 1.165) is 11.5 Å². The minimum Gasteiger partial charge on any atom is -0.419 e. The van der Waals surface area contributed by atoms with Crippen molar-refractivity contribution in [3.8, 4) is 11.8 Å². The Balaban J connectivity index is 2.12. The van der Waals surface area contributed by atoms with Crippen molar-refractivity contribution in [3.63, 3.8) is 0 Å². The van der Waals surface area contributed by atoms with Gasteiger partial charge in [-0.05, 0) is 33.8 Å². The molecule has 18 heavy (non-hydrogen) atoms. The number of nitrogens with one attached hydrogen (secondary N) is 2. The van der Waals surface area contributed by atoms with Crippen LogP contribution in [0.15, 0.2) is 24.3 Å². The van der Waals surface area contributed by atoms with Crippen molar-refractivity contribution in [1.82, 2.24) is 15.2 Å². The Morgan fingerprint density at radius 1 is 1.22 bits per heavy atom. The Kier molecular flexibility index (Phi) is 3.23. The summed E-state index contributed by atoms with van der Waals surface area (Å²) < 4.78 is 5.56. The van der Waals surface area contributed by atoms with Gasteiger partial charge in [-0.15, -0.1) is 5.10 Å². The summed E-state index contributed by atoms with van der Waals surface area (Å²) in [6, 6.07) is 7.44. The second-order valence-corrected chi connectivity index (χ2v) is 5.23. The third-order valence-electron chi connectivity index (χ3n) is 2.12. The van der Waals surface area contributed by atoms with Gasteiger partial charge in [0.25, 0.3) is 0 Å². The number of rotatable bonds is 3. The summed E-state index contributed by atoms with van der Waals surface area (Å²) in [6.45, 7) is 8.17. The largest absolute Gasteiger partial charge is 0.419 e. The van der Waals surface area contributed by atoms with Gasteiger partial charge in [0.2, 0.25) is 11.8 Å². The van der Waals surface area contributed by atoms with Crippen LogP contribution in [0.2, 0.25) is 0 Å². The molecular weight excluding hydrogens is 228 g/mol. The first kappa shape index (κ1) is 12.4. The molecule has 2 heterocycles. The summed E-state index contributed by atoms with van der Waals surface area (Å²) in [6.07, 6.45) is 0. The van der Waals surface area contributed by atoms with Crippen LogP contribution in [0.3, 0.4) is 0 Å². The highest BCUT2D eigenvalue weighted by atomic mass is 16.5. The molecule has 0 saturated carbocycles. The number of hydrogen-bond donors (Lipinski definition) is 2.